The van der Waals surface area contributed by atoms with Crippen LogP contribution in [0.2, 0.25) is 0 Å². The van der Waals surface area contributed by atoms with Crippen molar-refractivity contribution in [2.45, 2.75) is 23.3 Å². The molecule has 2 aromatic carbocycles. The van der Waals surface area contributed by atoms with E-state index in [9.17, 15) is 5.11 Å². The Morgan fingerprint density at radius 3 is 2.70 bits per heavy atom. The lowest BCUT2D eigenvalue weighted by atomic mass is 10.2. The monoisotopic (exact) mass is 455 g/mol. The second kappa shape index (κ2) is 9.22. The summed E-state index contributed by atoms with van der Waals surface area (Å²) in [6.45, 7) is 2.59. The average Bonchev–Trinajstić information content (AvgIpc) is 3.34. The molecule has 5 rings (SSSR count). The van der Waals surface area contributed by atoms with E-state index >= 15 is 0 Å². The van der Waals surface area contributed by atoms with Gasteiger partial charge in [0.2, 0.25) is 0 Å². The highest BCUT2D eigenvalue weighted by atomic mass is 32.2. The minimum Gasteiger partial charge on any atom is -0.508 e. The second-order valence-corrected chi connectivity index (χ2v) is 8.58. The molecule has 0 bridgehead atoms. The van der Waals surface area contributed by atoms with Crippen LogP contribution in [0.5, 0.6) is 5.75 Å². The van der Waals surface area contributed by atoms with Gasteiger partial charge in [-0.3, -0.25) is 0 Å². The number of fused-ring (bicyclic) bond motifs is 1. The van der Waals surface area contributed by atoms with Crippen molar-refractivity contribution in [2.24, 2.45) is 0 Å². The third-order valence-corrected chi connectivity index (χ3v) is 6.09. The molecule has 3 aromatic heterocycles. The molecule has 7 nitrogen and oxygen atoms in total. The summed E-state index contributed by atoms with van der Waals surface area (Å²) in [4.78, 5) is 15.3. The summed E-state index contributed by atoms with van der Waals surface area (Å²) in [5, 5.41) is 17.4. The number of phenolic OH excluding ortho intramolecular Hbond substituents is 1. The fourth-order valence-electron chi connectivity index (χ4n) is 3.33. The summed E-state index contributed by atoms with van der Waals surface area (Å²) < 4.78 is 5.16. The standard InChI is InChI=1S/C25H21N5O2S/c1-16-2-8-21-24(29-16)27-15-28-25(21)30-22-12-18(26-13-17-10-11-32-14-17)3-9-23(22)33-20-6-4-19(31)5-7-20/h2-12,14-15,26,31H,13H2,1H3,(H,27,28,29,30). The molecular weight excluding hydrogens is 434 g/mol. The van der Waals surface area contributed by atoms with E-state index in [0.29, 0.717) is 18.0 Å². The Morgan fingerprint density at radius 1 is 1.00 bits per heavy atom. The Morgan fingerprint density at radius 2 is 1.88 bits per heavy atom. The van der Waals surface area contributed by atoms with E-state index < -0.39 is 0 Å². The van der Waals surface area contributed by atoms with Gasteiger partial charge >= 0.3 is 0 Å². The first-order chi connectivity index (χ1) is 16.1. The highest BCUT2D eigenvalue weighted by Crippen LogP contribution is 2.37. The van der Waals surface area contributed by atoms with Gasteiger partial charge < -0.3 is 20.2 Å². The molecule has 0 unspecified atom stereocenters. The minimum atomic E-state index is 0.242. The van der Waals surface area contributed by atoms with Crippen LogP contribution < -0.4 is 10.6 Å². The van der Waals surface area contributed by atoms with Gasteiger partial charge in [0.25, 0.3) is 0 Å². The van der Waals surface area contributed by atoms with E-state index in [1.54, 1.807) is 36.4 Å². The molecule has 8 heteroatoms. The molecule has 0 atom stereocenters. The lowest BCUT2D eigenvalue weighted by molar-refractivity contribution is 0.475. The number of rotatable bonds is 7. The molecule has 0 amide bonds. The molecule has 0 saturated carbocycles. The van der Waals surface area contributed by atoms with E-state index in [1.165, 1.54) is 6.33 Å². The fourth-order valence-corrected chi connectivity index (χ4v) is 4.21. The number of hydrogen-bond acceptors (Lipinski definition) is 8. The number of benzene rings is 2. The van der Waals surface area contributed by atoms with Crippen LogP contribution in [-0.4, -0.2) is 20.1 Å². The van der Waals surface area contributed by atoms with Crippen LogP contribution in [0.25, 0.3) is 11.0 Å². The predicted octanol–water partition coefficient (Wildman–Crippen LogP) is 6.14. The highest BCUT2D eigenvalue weighted by Gasteiger charge is 2.11. The predicted molar refractivity (Wildman–Crippen MR) is 130 cm³/mol. The quantitative estimate of drug-likeness (QED) is 0.269. The van der Waals surface area contributed by atoms with Crippen molar-refractivity contribution in [3.05, 3.63) is 90.8 Å². The molecule has 0 radical (unpaired) electrons. The maximum absolute atomic E-state index is 9.61. The minimum absolute atomic E-state index is 0.242. The number of phenols is 1. The maximum atomic E-state index is 9.61. The van der Waals surface area contributed by atoms with Gasteiger partial charge in [-0.1, -0.05) is 11.8 Å². The van der Waals surface area contributed by atoms with Crippen molar-refractivity contribution >= 4 is 40.0 Å². The SMILES string of the molecule is Cc1ccc2c(Nc3cc(NCc4ccoc4)ccc3Sc3ccc(O)cc3)ncnc2n1. The molecule has 0 aliphatic rings. The number of aryl methyl sites for hydroxylation is 1. The van der Waals surface area contributed by atoms with Gasteiger partial charge in [-0.2, -0.15) is 0 Å². The van der Waals surface area contributed by atoms with Gasteiger partial charge in [0.05, 0.1) is 23.6 Å². The summed E-state index contributed by atoms with van der Waals surface area (Å²) in [5.74, 6) is 0.929. The van der Waals surface area contributed by atoms with Crippen molar-refractivity contribution in [3.8, 4) is 5.75 Å². The smallest absolute Gasteiger partial charge is 0.164 e. The van der Waals surface area contributed by atoms with Crippen LogP contribution in [0.15, 0.2) is 93.7 Å². The topological polar surface area (TPSA) is 96.1 Å². The summed E-state index contributed by atoms with van der Waals surface area (Å²) in [6, 6.07) is 19.2. The first kappa shape index (κ1) is 20.8. The van der Waals surface area contributed by atoms with E-state index in [4.69, 9.17) is 4.42 Å². The first-order valence-corrected chi connectivity index (χ1v) is 11.2. The Bertz CT molecular complexity index is 1390. The number of aromatic nitrogens is 3. The molecule has 0 aliphatic heterocycles. The highest BCUT2D eigenvalue weighted by molar-refractivity contribution is 7.99. The Kier molecular flexibility index (Phi) is 5.82. The van der Waals surface area contributed by atoms with Gasteiger partial charge in [0.15, 0.2) is 5.65 Å². The molecule has 0 fully saturated rings. The lowest BCUT2D eigenvalue weighted by Gasteiger charge is -2.15. The third-order valence-electron chi connectivity index (χ3n) is 5.01. The Labute approximate surface area is 194 Å². The molecule has 5 aromatic rings. The molecule has 0 aliphatic carbocycles. The van der Waals surface area contributed by atoms with Crippen LogP contribution in [-0.2, 0) is 6.54 Å². The van der Waals surface area contributed by atoms with E-state index in [1.807, 2.05) is 43.3 Å². The molecule has 33 heavy (non-hydrogen) atoms. The van der Waals surface area contributed by atoms with E-state index in [-0.39, 0.29) is 5.75 Å². The lowest BCUT2D eigenvalue weighted by Crippen LogP contribution is -2.02. The van der Waals surface area contributed by atoms with Crippen LogP contribution in [0.1, 0.15) is 11.3 Å². The Balaban J connectivity index is 1.49. The zero-order valence-electron chi connectivity index (χ0n) is 17.8. The third kappa shape index (κ3) is 4.91. The summed E-state index contributed by atoms with van der Waals surface area (Å²) in [7, 11) is 0. The van der Waals surface area contributed by atoms with Crippen LogP contribution in [0.3, 0.4) is 0 Å². The van der Waals surface area contributed by atoms with Gasteiger partial charge in [-0.05, 0) is 67.6 Å². The molecule has 0 saturated heterocycles. The largest absolute Gasteiger partial charge is 0.508 e. The number of anilines is 3. The van der Waals surface area contributed by atoms with Crippen molar-refractivity contribution in [2.75, 3.05) is 10.6 Å². The number of furan rings is 1. The zero-order chi connectivity index (χ0) is 22.6. The van der Waals surface area contributed by atoms with Gasteiger partial charge in [0, 0.05) is 33.3 Å². The van der Waals surface area contributed by atoms with E-state index in [0.717, 1.165) is 37.8 Å². The average molecular weight is 456 g/mol. The second-order valence-electron chi connectivity index (χ2n) is 7.46. The van der Waals surface area contributed by atoms with Crippen molar-refractivity contribution in [1.82, 2.24) is 15.0 Å². The van der Waals surface area contributed by atoms with Gasteiger partial charge in [0.1, 0.15) is 17.9 Å². The van der Waals surface area contributed by atoms with Crippen molar-refractivity contribution in [3.63, 3.8) is 0 Å². The molecule has 3 N–H and O–H groups in total. The maximum Gasteiger partial charge on any atom is 0.164 e. The molecule has 3 heterocycles. The number of pyridine rings is 1. The Hall–Kier alpha value is -4.04. The number of nitrogens with one attached hydrogen (secondary N) is 2. The molecule has 164 valence electrons. The summed E-state index contributed by atoms with van der Waals surface area (Å²) in [6.07, 6.45) is 4.91. The molecule has 0 spiro atoms. The zero-order valence-corrected chi connectivity index (χ0v) is 18.6. The van der Waals surface area contributed by atoms with Crippen molar-refractivity contribution < 1.29 is 9.52 Å². The fraction of sp³-hybridized carbons (Fsp3) is 0.0800. The van der Waals surface area contributed by atoms with Crippen molar-refractivity contribution in [1.29, 1.82) is 0 Å². The van der Waals surface area contributed by atoms with E-state index in [2.05, 4.69) is 37.7 Å². The normalized spacial score (nSPS) is 10.9. The van der Waals surface area contributed by atoms with Crippen LogP contribution in [0, 0.1) is 6.92 Å². The van der Waals surface area contributed by atoms with Crippen LogP contribution in [0.4, 0.5) is 17.2 Å². The first-order valence-electron chi connectivity index (χ1n) is 10.4. The van der Waals surface area contributed by atoms with Gasteiger partial charge in [-0.25, -0.2) is 15.0 Å². The summed E-state index contributed by atoms with van der Waals surface area (Å²) >= 11 is 1.60. The summed E-state index contributed by atoms with van der Waals surface area (Å²) in [5.41, 5.74) is 4.47. The van der Waals surface area contributed by atoms with Crippen LogP contribution >= 0.6 is 11.8 Å². The van der Waals surface area contributed by atoms with Gasteiger partial charge in [-0.15, -0.1) is 0 Å². The molecular formula is C25H21N5O2S. The number of hydrogen-bond donors (Lipinski definition) is 3. The number of aromatic hydroxyl groups is 1. The number of nitrogens with zero attached hydrogens (tertiary/aromatic N) is 3.